The first-order valence-electron chi connectivity index (χ1n) is 11.0. The van der Waals surface area contributed by atoms with Crippen molar-refractivity contribution in [3.8, 4) is 0 Å². The van der Waals surface area contributed by atoms with Crippen molar-refractivity contribution in [3.63, 3.8) is 0 Å². The summed E-state index contributed by atoms with van der Waals surface area (Å²) in [7, 11) is 0. The summed E-state index contributed by atoms with van der Waals surface area (Å²) in [6.45, 7) is 6.61. The second-order valence-corrected chi connectivity index (χ2v) is 8.92. The first-order chi connectivity index (χ1) is 14.6. The lowest BCUT2D eigenvalue weighted by Gasteiger charge is -2.40. The van der Waals surface area contributed by atoms with Crippen molar-refractivity contribution in [2.24, 2.45) is 11.8 Å². The Morgan fingerprint density at radius 1 is 1.07 bits per heavy atom. The van der Waals surface area contributed by atoms with Gasteiger partial charge in [-0.2, -0.15) is 0 Å². The fourth-order valence-corrected chi connectivity index (χ4v) is 4.74. The number of carbonyl (C=O) groups is 2. The van der Waals surface area contributed by atoms with Crippen molar-refractivity contribution in [1.29, 1.82) is 0 Å². The quantitative estimate of drug-likeness (QED) is 0.846. The van der Waals surface area contributed by atoms with E-state index in [1.807, 2.05) is 35.4 Å². The maximum Gasteiger partial charge on any atom is 0.253 e. The maximum atomic E-state index is 12.9. The topological polar surface area (TPSA) is 70.5 Å². The van der Waals surface area contributed by atoms with Gasteiger partial charge in [-0.15, -0.1) is 0 Å². The number of nitrogens with zero attached hydrogens (tertiary/aromatic N) is 4. The molecule has 1 aliphatic carbocycles. The second kappa shape index (κ2) is 7.87. The highest BCUT2D eigenvalue weighted by Crippen LogP contribution is 2.38. The van der Waals surface area contributed by atoms with Crippen LogP contribution in [0.15, 0.2) is 36.7 Å². The van der Waals surface area contributed by atoms with Crippen LogP contribution in [0.2, 0.25) is 0 Å². The number of benzene rings is 1. The minimum absolute atomic E-state index is 0.0799. The molecule has 0 spiro atoms. The Morgan fingerprint density at radius 3 is 2.50 bits per heavy atom. The van der Waals surface area contributed by atoms with E-state index in [0.29, 0.717) is 17.5 Å². The summed E-state index contributed by atoms with van der Waals surface area (Å²) in [5.74, 6) is 1.94. The summed E-state index contributed by atoms with van der Waals surface area (Å²) < 4.78 is 2.23. The lowest BCUT2D eigenvalue weighted by molar-refractivity contribution is -0.117. The van der Waals surface area contributed by atoms with Crippen molar-refractivity contribution in [2.45, 2.75) is 45.3 Å². The Kier molecular flexibility index (Phi) is 5.06. The summed E-state index contributed by atoms with van der Waals surface area (Å²) in [6.07, 6.45) is 6.90. The summed E-state index contributed by atoms with van der Waals surface area (Å²) in [5, 5.41) is 2.95. The van der Waals surface area contributed by atoms with Crippen LogP contribution < -0.4 is 5.32 Å². The van der Waals surface area contributed by atoms with E-state index in [2.05, 4.69) is 32.9 Å². The number of fused-ring (bicyclic) bond motifs is 1. The average Bonchev–Trinajstić information content (AvgIpc) is 3.33. The Bertz CT molecular complexity index is 929. The largest absolute Gasteiger partial charge is 0.339 e. The number of aromatic nitrogens is 2. The number of imidazole rings is 1. The first kappa shape index (κ1) is 19.3. The lowest BCUT2D eigenvalue weighted by atomic mass is 10.0. The van der Waals surface area contributed by atoms with E-state index < -0.39 is 0 Å². The van der Waals surface area contributed by atoms with Crippen molar-refractivity contribution in [3.05, 3.63) is 48.0 Å². The number of hydrogen-bond acceptors (Lipinski definition) is 4. The van der Waals surface area contributed by atoms with Gasteiger partial charge in [0, 0.05) is 61.8 Å². The van der Waals surface area contributed by atoms with Crippen molar-refractivity contribution in [2.75, 3.05) is 25.0 Å². The number of likely N-dealkylation sites (tertiary alicyclic amines) is 1. The molecule has 2 atom stereocenters. The van der Waals surface area contributed by atoms with E-state index >= 15 is 0 Å². The van der Waals surface area contributed by atoms with Crippen LogP contribution in [0, 0.1) is 11.8 Å². The molecule has 1 N–H and O–H groups in total. The maximum absolute atomic E-state index is 12.9. The fourth-order valence-electron chi connectivity index (χ4n) is 4.74. The van der Waals surface area contributed by atoms with Gasteiger partial charge in [0.05, 0.1) is 6.54 Å². The monoisotopic (exact) mass is 407 g/mol. The van der Waals surface area contributed by atoms with Crippen LogP contribution >= 0.6 is 0 Å². The average molecular weight is 408 g/mol. The molecular formula is C23H29N5O2. The predicted molar refractivity (Wildman–Crippen MR) is 114 cm³/mol. The molecule has 1 aromatic carbocycles. The van der Waals surface area contributed by atoms with Crippen LogP contribution in [-0.2, 0) is 17.9 Å². The van der Waals surface area contributed by atoms with Crippen LogP contribution in [0.3, 0.4) is 0 Å². The number of hydrogen-bond donors (Lipinski definition) is 1. The number of amides is 2. The minimum Gasteiger partial charge on any atom is -0.339 e. The molecule has 1 saturated heterocycles. The molecule has 5 rings (SSSR count). The van der Waals surface area contributed by atoms with Crippen molar-refractivity contribution < 1.29 is 9.59 Å². The molecular weight excluding hydrogens is 378 g/mol. The minimum atomic E-state index is 0.0799. The fraction of sp³-hybridized carbons (Fsp3) is 0.522. The van der Waals surface area contributed by atoms with E-state index in [1.165, 1.54) is 0 Å². The zero-order valence-electron chi connectivity index (χ0n) is 17.5. The van der Waals surface area contributed by atoms with Crippen molar-refractivity contribution in [1.82, 2.24) is 19.4 Å². The van der Waals surface area contributed by atoms with Gasteiger partial charge in [-0.3, -0.25) is 14.5 Å². The third-order valence-corrected chi connectivity index (χ3v) is 6.89. The SMILES string of the molecule is C[C@@H]1C[C@@H]1C(=O)Nc1ccc(C(=O)N2CCC(N3CCn4ccnc4C3)CC2)cc1. The third kappa shape index (κ3) is 3.86. The highest BCUT2D eigenvalue weighted by Gasteiger charge is 2.39. The molecule has 2 fully saturated rings. The smallest absolute Gasteiger partial charge is 0.253 e. The summed E-state index contributed by atoms with van der Waals surface area (Å²) >= 11 is 0. The van der Waals surface area contributed by atoms with Crippen molar-refractivity contribution >= 4 is 17.5 Å². The van der Waals surface area contributed by atoms with E-state index in [9.17, 15) is 9.59 Å². The van der Waals surface area contributed by atoms with E-state index in [0.717, 1.165) is 63.5 Å². The van der Waals surface area contributed by atoms with Crippen LogP contribution in [-0.4, -0.2) is 56.8 Å². The molecule has 0 radical (unpaired) electrons. The van der Waals surface area contributed by atoms with Gasteiger partial charge in [-0.05, 0) is 49.4 Å². The third-order valence-electron chi connectivity index (χ3n) is 6.89. The highest BCUT2D eigenvalue weighted by molar-refractivity contribution is 5.97. The molecule has 0 unspecified atom stereocenters. The molecule has 0 bridgehead atoms. The summed E-state index contributed by atoms with van der Waals surface area (Å²) in [6, 6.07) is 7.83. The lowest BCUT2D eigenvalue weighted by Crippen LogP contribution is -2.48. The Hall–Kier alpha value is -2.67. The molecule has 7 heteroatoms. The van der Waals surface area contributed by atoms with Gasteiger partial charge in [0.1, 0.15) is 5.82 Å². The zero-order chi connectivity index (χ0) is 20.7. The normalized spacial score (nSPS) is 24.4. The van der Waals surface area contributed by atoms with Gasteiger partial charge in [0.25, 0.3) is 5.91 Å². The van der Waals surface area contributed by atoms with Gasteiger partial charge in [-0.25, -0.2) is 4.98 Å². The molecule has 3 aliphatic rings. The molecule has 2 amide bonds. The van der Waals surface area contributed by atoms with Gasteiger partial charge in [0.15, 0.2) is 0 Å². The number of anilines is 1. The van der Waals surface area contributed by atoms with Crippen LogP contribution in [0.4, 0.5) is 5.69 Å². The molecule has 2 aliphatic heterocycles. The first-order valence-corrected chi connectivity index (χ1v) is 11.0. The van der Waals surface area contributed by atoms with Crippen LogP contribution in [0.25, 0.3) is 0 Å². The number of nitrogens with one attached hydrogen (secondary N) is 1. The van der Waals surface area contributed by atoms with E-state index in [-0.39, 0.29) is 17.7 Å². The van der Waals surface area contributed by atoms with Crippen LogP contribution in [0.5, 0.6) is 0 Å². The molecule has 1 aromatic heterocycles. The van der Waals surface area contributed by atoms with Gasteiger partial charge in [0.2, 0.25) is 5.91 Å². The van der Waals surface area contributed by atoms with Gasteiger partial charge >= 0.3 is 0 Å². The van der Waals surface area contributed by atoms with Crippen LogP contribution in [0.1, 0.15) is 42.4 Å². The predicted octanol–water partition coefficient (Wildman–Crippen LogP) is 2.60. The van der Waals surface area contributed by atoms with Gasteiger partial charge in [-0.1, -0.05) is 6.92 Å². The Balaban J connectivity index is 1.13. The standard InChI is InChI=1S/C23H29N5O2/c1-16-14-20(16)22(29)25-18-4-2-17(3-5-18)23(30)27-9-6-19(7-10-27)28-13-12-26-11-8-24-21(26)15-28/h2-5,8,11,16,19-20H,6-7,9-10,12-15H2,1H3,(H,25,29)/t16-,20+/m1/s1. The number of piperidine rings is 1. The molecule has 7 nitrogen and oxygen atoms in total. The molecule has 2 aromatic rings. The molecule has 30 heavy (non-hydrogen) atoms. The zero-order valence-corrected chi connectivity index (χ0v) is 17.5. The number of carbonyl (C=O) groups excluding carboxylic acids is 2. The van der Waals surface area contributed by atoms with E-state index in [4.69, 9.17) is 0 Å². The molecule has 158 valence electrons. The van der Waals surface area contributed by atoms with E-state index in [1.54, 1.807) is 0 Å². The Morgan fingerprint density at radius 2 is 1.80 bits per heavy atom. The second-order valence-electron chi connectivity index (χ2n) is 8.92. The Labute approximate surface area is 177 Å². The molecule has 3 heterocycles. The molecule has 1 saturated carbocycles. The van der Waals surface area contributed by atoms with Gasteiger partial charge < -0.3 is 14.8 Å². The number of rotatable bonds is 4. The summed E-state index contributed by atoms with van der Waals surface area (Å²) in [4.78, 5) is 33.9. The highest BCUT2D eigenvalue weighted by atomic mass is 16.2. The summed E-state index contributed by atoms with van der Waals surface area (Å²) in [5.41, 5.74) is 1.45.